The van der Waals surface area contributed by atoms with Crippen LogP contribution in [-0.2, 0) is 20.9 Å². The third-order valence-corrected chi connectivity index (χ3v) is 5.78. The number of carbonyl (C=O) groups is 3. The lowest BCUT2D eigenvalue weighted by atomic mass is 9.95. The smallest absolute Gasteiger partial charge is 0.410 e. The van der Waals surface area contributed by atoms with E-state index in [9.17, 15) is 19.5 Å². The van der Waals surface area contributed by atoms with Crippen LogP contribution in [0.2, 0.25) is 0 Å². The van der Waals surface area contributed by atoms with Crippen molar-refractivity contribution < 1.29 is 24.2 Å². The second-order valence-electron chi connectivity index (χ2n) is 7.95. The Hall–Kier alpha value is -2.57. The Labute approximate surface area is 179 Å². The number of nitrogens with zero attached hydrogens (tertiary/aromatic N) is 2. The van der Waals surface area contributed by atoms with Gasteiger partial charge in [-0.3, -0.25) is 9.69 Å². The molecule has 0 saturated carbocycles. The van der Waals surface area contributed by atoms with Crippen molar-refractivity contribution in [2.75, 3.05) is 13.1 Å². The topological polar surface area (TPSA) is 87.2 Å². The minimum Gasteiger partial charge on any atom is -0.480 e. The van der Waals surface area contributed by atoms with Gasteiger partial charge in [-0.15, -0.1) is 0 Å². The van der Waals surface area contributed by atoms with Crippen molar-refractivity contribution in [1.29, 1.82) is 0 Å². The SMILES string of the molecule is CCCCN(C(=O)OCc1ccccc1)[C@H](C(=O)N1CCC[C@H]1C(=O)O)[C@@H](C)CC. The van der Waals surface area contributed by atoms with Crippen molar-refractivity contribution >= 4 is 18.0 Å². The summed E-state index contributed by atoms with van der Waals surface area (Å²) in [6.07, 6.45) is 2.87. The third kappa shape index (κ3) is 5.97. The molecule has 0 aliphatic carbocycles. The van der Waals surface area contributed by atoms with Gasteiger partial charge in [-0.2, -0.15) is 0 Å². The number of carboxylic acids is 1. The summed E-state index contributed by atoms with van der Waals surface area (Å²) in [5, 5.41) is 9.51. The van der Waals surface area contributed by atoms with Crippen LogP contribution < -0.4 is 0 Å². The number of ether oxygens (including phenoxy) is 1. The van der Waals surface area contributed by atoms with Crippen molar-refractivity contribution in [1.82, 2.24) is 9.80 Å². The van der Waals surface area contributed by atoms with E-state index in [0.717, 1.165) is 18.4 Å². The van der Waals surface area contributed by atoms with Gasteiger partial charge in [-0.1, -0.05) is 63.9 Å². The second kappa shape index (κ2) is 11.6. The van der Waals surface area contributed by atoms with Crippen LogP contribution in [0.3, 0.4) is 0 Å². The fourth-order valence-corrected chi connectivity index (χ4v) is 3.84. The van der Waals surface area contributed by atoms with E-state index in [2.05, 4.69) is 0 Å². The second-order valence-corrected chi connectivity index (χ2v) is 7.95. The maximum absolute atomic E-state index is 13.5. The molecule has 166 valence electrons. The number of carbonyl (C=O) groups excluding carboxylic acids is 2. The Balaban J connectivity index is 2.24. The predicted molar refractivity (Wildman–Crippen MR) is 114 cm³/mol. The van der Waals surface area contributed by atoms with E-state index in [1.165, 1.54) is 9.80 Å². The van der Waals surface area contributed by atoms with Gasteiger partial charge < -0.3 is 14.7 Å². The van der Waals surface area contributed by atoms with Crippen LogP contribution in [0.25, 0.3) is 0 Å². The maximum atomic E-state index is 13.5. The van der Waals surface area contributed by atoms with Crippen LogP contribution in [-0.4, -0.2) is 58.0 Å². The number of carboxylic acid groups (broad SMARTS) is 1. The van der Waals surface area contributed by atoms with Crippen LogP contribution >= 0.6 is 0 Å². The van der Waals surface area contributed by atoms with Crippen LogP contribution in [0.4, 0.5) is 4.79 Å². The van der Waals surface area contributed by atoms with Gasteiger partial charge in [0.2, 0.25) is 5.91 Å². The normalized spacial score (nSPS) is 18.0. The van der Waals surface area contributed by atoms with Crippen molar-refractivity contribution in [3.63, 3.8) is 0 Å². The molecule has 0 bridgehead atoms. The molecule has 1 aromatic carbocycles. The first-order valence-electron chi connectivity index (χ1n) is 10.9. The number of amides is 2. The highest BCUT2D eigenvalue weighted by atomic mass is 16.6. The van der Waals surface area contributed by atoms with E-state index in [1.54, 1.807) is 0 Å². The zero-order valence-electron chi connectivity index (χ0n) is 18.3. The average molecular weight is 419 g/mol. The van der Waals surface area contributed by atoms with E-state index in [1.807, 2.05) is 51.1 Å². The molecule has 7 nitrogen and oxygen atoms in total. The molecule has 2 rings (SSSR count). The number of aliphatic carboxylic acids is 1. The van der Waals surface area contributed by atoms with Crippen molar-refractivity contribution in [2.45, 2.75) is 71.6 Å². The summed E-state index contributed by atoms with van der Waals surface area (Å²) >= 11 is 0. The fourth-order valence-electron chi connectivity index (χ4n) is 3.84. The number of hydrogen-bond acceptors (Lipinski definition) is 4. The summed E-state index contributed by atoms with van der Waals surface area (Å²) in [5.74, 6) is -1.40. The summed E-state index contributed by atoms with van der Waals surface area (Å²) < 4.78 is 5.55. The van der Waals surface area contributed by atoms with Crippen LogP contribution in [0.15, 0.2) is 30.3 Å². The molecular weight excluding hydrogens is 384 g/mol. The molecule has 0 unspecified atom stereocenters. The Morgan fingerprint density at radius 2 is 1.93 bits per heavy atom. The van der Waals surface area contributed by atoms with Gasteiger partial charge in [0.15, 0.2) is 0 Å². The number of unbranched alkanes of at least 4 members (excludes halogenated alkanes) is 1. The molecule has 3 atom stereocenters. The van der Waals surface area contributed by atoms with Gasteiger partial charge >= 0.3 is 12.1 Å². The fraction of sp³-hybridized carbons (Fsp3) is 0.609. The number of rotatable bonds is 10. The number of benzene rings is 1. The molecule has 1 saturated heterocycles. The molecule has 7 heteroatoms. The van der Waals surface area contributed by atoms with Gasteiger partial charge in [0.05, 0.1) is 0 Å². The zero-order chi connectivity index (χ0) is 22.1. The lowest BCUT2D eigenvalue weighted by Gasteiger charge is -2.37. The Kier molecular flexibility index (Phi) is 9.15. The van der Waals surface area contributed by atoms with E-state index in [-0.39, 0.29) is 18.4 Å². The first-order valence-corrected chi connectivity index (χ1v) is 10.9. The first-order chi connectivity index (χ1) is 14.4. The molecule has 1 fully saturated rings. The van der Waals surface area contributed by atoms with Gasteiger partial charge in [0.25, 0.3) is 0 Å². The largest absolute Gasteiger partial charge is 0.480 e. The summed E-state index contributed by atoms with van der Waals surface area (Å²) in [5.41, 5.74) is 0.873. The lowest BCUT2D eigenvalue weighted by Crippen LogP contribution is -2.56. The van der Waals surface area contributed by atoms with Crippen molar-refractivity contribution in [3.8, 4) is 0 Å². The summed E-state index contributed by atoms with van der Waals surface area (Å²) in [4.78, 5) is 41.1. The quantitative estimate of drug-likeness (QED) is 0.622. The molecular formula is C23H34N2O5. The molecule has 30 heavy (non-hydrogen) atoms. The van der Waals surface area contributed by atoms with Crippen LogP contribution in [0.5, 0.6) is 0 Å². The molecule has 1 aliphatic heterocycles. The van der Waals surface area contributed by atoms with Crippen molar-refractivity contribution in [2.24, 2.45) is 5.92 Å². The highest BCUT2D eigenvalue weighted by Gasteiger charge is 2.42. The first kappa shape index (κ1) is 23.7. The summed E-state index contributed by atoms with van der Waals surface area (Å²) in [7, 11) is 0. The highest BCUT2D eigenvalue weighted by molar-refractivity contribution is 5.90. The van der Waals surface area contributed by atoms with Crippen molar-refractivity contribution in [3.05, 3.63) is 35.9 Å². The standard InChI is InChI=1S/C23H34N2O5/c1-4-6-14-25(23(29)30-16-18-11-8-7-9-12-18)20(17(3)5-2)21(26)24-15-10-13-19(24)22(27)28/h7-9,11-12,17,19-20H,4-6,10,13-16H2,1-3H3,(H,27,28)/t17-,19-,20-/m0/s1. The predicted octanol–water partition coefficient (Wildman–Crippen LogP) is 3.92. The number of likely N-dealkylation sites (tertiary alicyclic amines) is 1. The Morgan fingerprint density at radius 1 is 1.23 bits per heavy atom. The molecule has 1 aliphatic rings. The van der Waals surface area contributed by atoms with Crippen LogP contribution in [0, 0.1) is 5.92 Å². The highest BCUT2D eigenvalue weighted by Crippen LogP contribution is 2.25. The molecule has 1 aromatic rings. The van der Waals surface area contributed by atoms with E-state index in [4.69, 9.17) is 4.74 Å². The monoisotopic (exact) mass is 418 g/mol. The van der Waals surface area contributed by atoms with E-state index in [0.29, 0.717) is 32.4 Å². The molecule has 0 spiro atoms. The molecule has 0 radical (unpaired) electrons. The van der Waals surface area contributed by atoms with Gasteiger partial charge in [0, 0.05) is 13.1 Å². The molecule has 1 N–H and O–H groups in total. The maximum Gasteiger partial charge on any atom is 0.410 e. The van der Waals surface area contributed by atoms with Crippen LogP contribution in [0.1, 0.15) is 58.4 Å². The Morgan fingerprint density at radius 3 is 2.53 bits per heavy atom. The van der Waals surface area contributed by atoms with Gasteiger partial charge in [0.1, 0.15) is 18.7 Å². The molecule has 1 heterocycles. The minimum absolute atomic E-state index is 0.117. The van der Waals surface area contributed by atoms with E-state index >= 15 is 0 Å². The molecule has 2 amide bonds. The summed E-state index contributed by atoms with van der Waals surface area (Å²) in [6.45, 7) is 6.86. The summed E-state index contributed by atoms with van der Waals surface area (Å²) in [6, 6.07) is 7.85. The lowest BCUT2D eigenvalue weighted by molar-refractivity contribution is -0.151. The number of hydrogen-bond donors (Lipinski definition) is 1. The third-order valence-electron chi connectivity index (χ3n) is 5.78. The molecule has 0 aromatic heterocycles. The zero-order valence-corrected chi connectivity index (χ0v) is 18.3. The van der Waals surface area contributed by atoms with Gasteiger partial charge in [-0.25, -0.2) is 9.59 Å². The van der Waals surface area contributed by atoms with E-state index < -0.39 is 24.1 Å². The Bertz CT molecular complexity index is 709. The average Bonchev–Trinajstić information content (AvgIpc) is 3.25. The van der Waals surface area contributed by atoms with Gasteiger partial charge in [-0.05, 0) is 30.7 Å². The minimum atomic E-state index is -0.990.